The van der Waals surface area contributed by atoms with Crippen LogP contribution in [0.15, 0.2) is 18.2 Å². The van der Waals surface area contributed by atoms with E-state index in [4.69, 9.17) is 4.74 Å². The number of nitrogens with one attached hydrogen (secondary N) is 1. The molecule has 3 rings (SSSR count). The molecule has 2 aliphatic rings. The number of allylic oxidation sites excluding steroid dienone is 2. The number of hydrogen-bond acceptors (Lipinski definition) is 5. The number of likely N-dealkylation sites (tertiary alicyclic amines) is 1. The van der Waals surface area contributed by atoms with Gasteiger partial charge in [-0.2, -0.15) is 0 Å². The number of hydrogen-bond donors (Lipinski definition) is 1. The Labute approximate surface area is 145 Å². The summed E-state index contributed by atoms with van der Waals surface area (Å²) in [6, 6.07) is 1.69. The minimum absolute atomic E-state index is 0.327. The fourth-order valence-corrected chi connectivity index (χ4v) is 3.44. The van der Waals surface area contributed by atoms with E-state index in [9.17, 15) is 19.2 Å². The third-order valence-corrected chi connectivity index (χ3v) is 4.70. The maximum Gasteiger partial charge on any atom is 0.326 e. The standard InChI is InChI=1S/C18H20N2O5/c1-10-7-14(11(2)19-10)15(21)9-25-16(22)8-20-17(23)12-5-3-4-6-13(12)18(20)24/h3-4,7,12-13,19H,5-6,8-9H2,1-2H3. The first kappa shape index (κ1) is 17.1. The normalized spacial score (nSPS) is 22.2. The van der Waals surface area contributed by atoms with E-state index in [0.29, 0.717) is 24.1 Å². The van der Waals surface area contributed by atoms with Gasteiger partial charge >= 0.3 is 5.97 Å². The first-order valence-corrected chi connectivity index (χ1v) is 8.23. The Morgan fingerprint density at radius 2 is 1.76 bits per heavy atom. The maximum absolute atomic E-state index is 12.3. The Bertz CT molecular complexity index is 750. The van der Waals surface area contributed by atoms with Crippen molar-refractivity contribution in [2.45, 2.75) is 26.7 Å². The number of H-pyrrole nitrogens is 1. The number of aromatic nitrogens is 1. The first-order chi connectivity index (χ1) is 11.9. The minimum Gasteiger partial charge on any atom is -0.456 e. The number of esters is 1. The van der Waals surface area contributed by atoms with Crippen molar-refractivity contribution in [3.8, 4) is 0 Å². The van der Waals surface area contributed by atoms with Gasteiger partial charge in [0.15, 0.2) is 6.61 Å². The molecular formula is C18H20N2O5. The van der Waals surface area contributed by atoms with Crippen molar-refractivity contribution in [1.82, 2.24) is 9.88 Å². The number of rotatable bonds is 5. The fraction of sp³-hybridized carbons (Fsp3) is 0.444. The number of aryl methyl sites for hydroxylation is 2. The fourth-order valence-electron chi connectivity index (χ4n) is 3.44. The molecule has 2 heterocycles. The van der Waals surface area contributed by atoms with Crippen molar-refractivity contribution in [3.63, 3.8) is 0 Å². The summed E-state index contributed by atoms with van der Waals surface area (Å²) < 4.78 is 4.97. The maximum atomic E-state index is 12.3. The largest absolute Gasteiger partial charge is 0.456 e. The monoisotopic (exact) mass is 344 g/mol. The number of imide groups is 1. The summed E-state index contributed by atoms with van der Waals surface area (Å²) in [5.74, 6) is -2.51. The van der Waals surface area contributed by atoms with Crippen LogP contribution in [0.25, 0.3) is 0 Å². The van der Waals surface area contributed by atoms with Gasteiger partial charge in [-0.25, -0.2) is 0 Å². The van der Waals surface area contributed by atoms with Gasteiger partial charge in [0.2, 0.25) is 17.6 Å². The number of ketones is 1. The highest BCUT2D eigenvalue weighted by Crippen LogP contribution is 2.34. The van der Waals surface area contributed by atoms with Gasteiger partial charge in [0, 0.05) is 17.0 Å². The molecule has 25 heavy (non-hydrogen) atoms. The molecule has 7 nitrogen and oxygen atoms in total. The van der Waals surface area contributed by atoms with Crippen LogP contribution in [0.2, 0.25) is 0 Å². The lowest BCUT2D eigenvalue weighted by Crippen LogP contribution is -2.37. The van der Waals surface area contributed by atoms with Crippen molar-refractivity contribution >= 4 is 23.6 Å². The topological polar surface area (TPSA) is 96.5 Å². The molecule has 1 aliphatic heterocycles. The highest BCUT2D eigenvalue weighted by molar-refractivity contribution is 6.07. The van der Waals surface area contributed by atoms with Crippen LogP contribution in [-0.4, -0.2) is 46.6 Å². The number of amides is 2. The highest BCUT2D eigenvalue weighted by atomic mass is 16.5. The van der Waals surface area contributed by atoms with E-state index in [1.165, 1.54) is 0 Å². The highest BCUT2D eigenvalue weighted by Gasteiger charge is 2.47. The number of fused-ring (bicyclic) bond motifs is 1. The van der Waals surface area contributed by atoms with Crippen LogP contribution in [0.4, 0.5) is 0 Å². The van der Waals surface area contributed by atoms with Crippen molar-refractivity contribution < 1.29 is 23.9 Å². The zero-order valence-electron chi connectivity index (χ0n) is 14.2. The Balaban J connectivity index is 1.56. The molecule has 1 saturated heterocycles. The summed E-state index contributed by atoms with van der Waals surface area (Å²) >= 11 is 0. The van der Waals surface area contributed by atoms with E-state index in [0.717, 1.165) is 10.6 Å². The molecule has 0 spiro atoms. The Kier molecular flexibility index (Phi) is 4.57. The van der Waals surface area contributed by atoms with E-state index in [2.05, 4.69) is 4.98 Å². The van der Waals surface area contributed by atoms with Gasteiger partial charge in [-0.05, 0) is 32.8 Å². The molecular weight excluding hydrogens is 324 g/mol. The molecule has 0 aromatic carbocycles. The summed E-state index contributed by atoms with van der Waals surface area (Å²) in [5, 5.41) is 0. The predicted molar refractivity (Wildman–Crippen MR) is 87.6 cm³/mol. The summed E-state index contributed by atoms with van der Waals surface area (Å²) in [6.07, 6.45) is 4.80. The minimum atomic E-state index is -0.758. The molecule has 1 aliphatic carbocycles. The number of aromatic amines is 1. The lowest BCUT2D eigenvalue weighted by atomic mass is 9.85. The lowest BCUT2D eigenvalue weighted by Gasteiger charge is -2.14. The van der Waals surface area contributed by atoms with Crippen molar-refractivity contribution in [2.24, 2.45) is 11.8 Å². The third kappa shape index (κ3) is 3.26. The van der Waals surface area contributed by atoms with Crippen LogP contribution >= 0.6 is 0 Å². The molecule has 2 atom stereocenters. The summed E-state index contributed by atoms with van der Waals surface area (Å²) in [6.45, 7) is 2.73. The van der Waals surface area contributed by atoms with E-state index >= 15 is 0 Å². The van der Waals surface area contributed by atoms with Crippen LogP contribution in [0.1, 0.15) is 34.6 Å². The van der Waals surface area contributed by atoms with Gasteiger partial charge in [-0.15, -0.1) is 0 Å². The summed E-state index contributed by atoms with van der Waals surface area (Å²) in [5.41, 5.74) is 2.02. The van der Waals surface area contributed by atoms with Gasteiger partial charge in [-0.3, -0.25) is 24.1 Å². The Morgan fingerprint density at radius 3 is 2.28 bits per heavy atom. The molecule has 7 heteroatoms. The van der Waals surface area contributed by atoms with Gasteiger partial charge < -0.3 is 9.72 Å². The number of ether oxygens (including phenoxy) is 1. The lowest BCUT2D eigenvalue weighted by molar-refractivity contribution is -0.152. The van der Waals surface area contributed by atoms with Crippen LogP contribution in [-0.2, 0) is 19.1 Å². The van der Waals surface area contributed by atoms with Crippen molar-refractivity contribution in [2.75, 3.05) is 13.2 Å². The third-order valence-electron chi connectivity index (χ3n) is 4.70. The van der Waals surface area contributed by atoms with Crippen LogP contribution in [0, 0.1) is 25.7 Å². The van der Waals surface area contributed by atoms with Gasteiger partial charge in [0.1, 0.15) is 6.54 Å². The first-order valence-electron chi connectivity index (χ1n) is 8.23. The number of Topliss-reactive ketones (excluding diaryl/α,β-unsaturated/α-hetero) is 1. The van der Waals surface area contributed by atoms with E-state index < -0.39 is 19.1 Å². The SMILES string of the molecule is Cc1cc(C(=O)COC(=O)CN2C(=O)C3CC=CCC3C2=O)c(C)[nH]1. The molecule has 0 bridgehead atoms. The van der Waals surface area contributed by atoms with E-state index in [1.54, 1.807) is 13.0 Å². The summed E-state index contributed by atoms with van der Waals surface area (Å²) in [7, 11) is 0. The molecule has 1 aromatic rings. The smallest absolute Gasteiger partial charge is 0.326 e. The predicted octanol–water partition coefficient (Wildman–Crippen LogP) is 1.31. The molecule has 2 amide bonds. The molecule has 2 unspecified atom stereocenters. The average molecular weight is 344 g/mol. The van der Waals surface area contributed by atoms with E-state index in [1.807, 2.05) is 19.1 Å². The van der Waals surface area contributed by atoms with Gasteiger partial charge in [0.05, 0.1) is 11.8 Å². The van der Waals surface area contributed by atoms with Crippen LogP contribution in [0.3, 0.4) is 0 Å². The summed E-state index contributed by atoms with van der Waals surface area (Å²) in [4.78, 5) is 52.6. The molecule has 1 aromatic heterocycles. The zero-order chi connectivity index (χ0) is 18.1. The molecule has 132 valence electrons. The van der Waals surface area contributed by atoms with Crippen LogP contribution < -0.4 is 0 Å². The Hall–Kier alpha value is -2.70. The number of carbonyl (C=O) groups is 4. The molecule has 1 N–H and O–H groups in total. The second-order valence-electron chi connectivity index (χ2n) is 6.49. The molecule has 0 radical (unpaired) electrons. The number of carbonyl (C=O) groups excluding carboxylic acids is 4. The second-order valence-corrected chi connectivity index (χ2v) is 6.49. The van der Waals surface area contributed by atoms with Gasteiger partial charge in [-0.1, -0.05) is 12.2 Å². The second kappa shape index (κ2) is 6.66. The Morgan fingerprint density at radius 1 is 1.16 bits per heavy atom. The quantitative estimate of drug-likeness (QED) is 0.376. The van der Waals surface area contributed by atoms with E-state index in [-0.39, 0.29) is 29.4 Å². The van der Waals surface area contributed by atoms with Crippen molar-refractivity contribution in [3.05, 3.63) is 35.2 Å². The van der Waals surface area contributed by atoms with Crippen molar-refractivity contribution in [1.29, 1.82) is 0 Å². The van der Waals surface area contributed by atoms with Crippen LogP contribution in [0.5, 0.6) is 0 Å². The zero-order valence-corrected chi connectivity index (χ0v) is 14.2. The molecule has 1 fully saturated rings. The van der Waals surface area contributed by atoms with Gasteiger partial charge in [0.25, 0.3) is 0 Å². The average Bonchev–Trinajstić information content (AvgIpc) is 3.05. The number of nitrogens with zero attached hydrogens (tertiary/aromatic N) is 1. The molecule has 0 saturated carbocycles.